The monoisotopic (exact) mass is 388 g/mol. The van der Waals surface area contributed by atoms with Crippen LogP contribution >= 0.6 is 0 Å². The molecule has 0 aliphatic heterocycles. The van der Waals surface area contributed by atoms with E-state index in [1.165, 1.54) is 16.7 Å². The average Bonchev–Trinajstić information content (AvgIpc) is 3.57. The van der Waals surface area contributed by atoms with Crippen molar-refractivity contribution < 1.29 is 9.53 Å². The fraction of sp³-hybridized carbons (Fsp3) is 0.320. The summed E-state index contributed by atoms with van der Waals surface area (Å²) in [6.07, 6.45) is 9.74. The van der Waals surface area contributed by atoms with Gasteiger partial charge >= 0.3 is 0 Å². The van der Waals surface area contributed by atoms with Crippen LogP contribution in [0, 0.1) is 0 Å². The molecule has 2 N–H and O–H groups in total. The van der Waals surface area contributed by atoms with Crippen LogP contribution in [0.25, 0.3) is 0 Å². The highest BCUT2D eigenvalue weighted by atomic mass is 16.5. The number of benzene rings is 2. The number of hydrogen-bond acceptors (Lipinski definition) is 3. The Balaban J connectivity index is 1.24. The van der Waals surface area contributed by atoms with Gasteiger partial charge in [0, 0.05) is 30.6 Å². The Labute approximate surface area is 172 Å². The summed E-state index contributed by atoms with van der Waals surface area (Å²) in [6.45, 7) is 1.45. The maximum Gasteiger partial charge on any atom is 0.251 e. The van der Waals surface area contributed by atoms with Gasteiger partial charge in [-0.1, -0.05) is 42.5 Å². The van der Waals surface area contributed by atoms with E-state index in [2.05, 4.69) is 53.1 Å². The number of methoxy groups -OCH3 is 1. The van der Waals surface area contributed by atoms with E-state index in [1.54, 1.807) is 7.11 Å². The summed E-state index contributed by atoms with van der Waals surface area (Å²) < 4.78 is 5.20. The standard InChI is InChI=1S/C25H28N2O2/c1-29-22-13-7-19(8-14-22)16-26-24-15-23(24)20-9-11-21(12-10-20)25(28)27-17-18-5-3-2-4-6-18/h3,5-14,23-24,26H,2,4,15-17H2,1H3,(H,27,28). The van der Waals surface area contributed by atoms with E-state index in [0.717, 1.165) is 37.1 Å². The van der Waals surface area contributed by atoms with Crippen LogP contribution in [-0.4, -0.2) is 25.6 Å². The van der Waals surface area contributed by atoms with Gasteiger partial charge in [-0.3, -0.25) is 4.79 Å². The smallest absolute Gasteiger partial charge is 0.251 e. The Morgan fingerprint density at radius 2 is 1.83 bits per heavy atom. The predicted molar refractivity (Wildman–Crippen MR) is 116 cm³/mol. The molecule has 2 aliphatic carbocycles. The van der Waals surface area contributed by atoms with Crippen molar-refractivity contribution in [3.05, 3.63) is 89.0 Å². The predicted octanol–water partition coefficient (Wildman–Crippen LogP) is 4.35. The van der Waals surface area contributed by atoms with E-state index >= 15 is 0 Å². The SMILES string of the molecule is COc1ccc(CNC2CC2c2ccc(C(=O)NCC3=CCCC=C3)cc2)cc1. The van der Waals surface area contributed by atoms with Gasteiger partial charge < -0.3 is 15.4 Å². The summed E-state index contributed by atoms with van der Waals surface area (Å²) in [4.78, 5) is 12.4. The molecule has 0 aromatic heterocycles. The summed E-state index contributed by atoms with van der Waals surface area (Å²) >= 11 is 0. The van der Waals surface area contributed by atoms with Gasteiger partial charge in [0.05, 0.1) is 7.11 Å². The minimum atomic E-state index is -0.0126. The minimum absolute atomic E-state index is 0.0126. The molecule has 1 amide bonds. The summed E-state index contributed by atoms with van der Waals surface area (Å²) in [7, 11) is 1.68. The molecule has 4 heteroatoms. The second kappa shape index (κ2) is 9.10. The maximum atomic E-state index is 12.4. The lowest BCUT2D eigenvalue weighted by Gasteiger charge is -2.09. The third-order valence-corrected chi connectivity index (χ3v) is 5.64. The first kappa shape index (κ1) is 19.5. The molecule has 2 unspecified atom stereocenters. The Morgan fingerprint density at radius 3 is 2.52 bits per heavy atom. The third kappa shape index (κ3) is 5.15. The molecule has 1 saturated carbocycles. The Hall–Kier alpha value is -2.85. The Bertz CT molecular complexity index is 897. The molecule has 4 nitrogen and oxygen atoms in total. The van der Waals surface area contributed by atoms with E-state index in [9.17, 15) is 4.79 Å². The number of allylic oxidation sites excluding steroid dienone is 2. The van der Waals surface area contributed by atoms with Crippen LogP contribution in [0.3, 0.4) is 0 Å². The van der Waals surface area contributed by atoms with Crippen LogP contribution in [0.5, 0.6) is 5.75 Å². The molecular weight excluding hydrogens is 360 g/mol. The van der Waals surface area contributed by atoms with Crippen molar-refractivity contribution in [3.63, 3.8) is 0 Å². The molecule has 0 radical (unpaired) electrons. The van der Waals surface area contributed by atoms with Crippen LogP contribution in [0.4, 0.5) is 0 Å². The third-order valence-electron chi connectivity index (χ3n) is 5.64. The summed E-state index contributed by atoms with van der Waals surface area (Å²) in [5.74, 6) is 1.40. The molecule has 2 atom stereocenters. The van der Waals surface area contributed by atoms with E-state index < -0.39 is 0 Å². The molecule has 0 bridgehead atoms. The molecule has 0 saturated heterocycles. The van der Waals surface area contributed by atoms with E-state index in [1.807, 2.05) is 24.3 Å². The molecule has 2 aliphatic rings. The fourth-order valence-electron chi connectivity index (χ4n) is 3.75. The number of rotatable bonds is 8. The molecule has 150 valence electrons. The van der Waals surface area contributed by atoms with Crippen molar-refractivity contribution in [2.75, 3.05) is 13.7 Å². The van der Waals surface area contributed by atoms with Crippen molar-refractivity contribution in [1.82, 2.24) is 10.6 Å². The highest BCUT2D eigenvalue weighted by molar-refractivity contribution is 5.94. The average molecular weight is 389 g/mol. The first-order chi connectivity index (χ1) is 14.2. The number of carbonyl (C=O) groups is 1. The quantitative estimate of drug-likeness (QED) is 0.707. The van der Waals surface area contributed by atoms with Crippen molar-refractivity contribution in [2.24, 2.45) is 0 Å². The minimum Gasteiger partial charge on any atom is -0.497 e. The number of ether oxygens (including phenoxy) is 1. The second-order valence-electron chi connectivity index (χ2n) is 7.74. The van der Waals surface area contributed by atoms with Gasteiger partial charge in [0.15, 0.2) is 0 Å². The molecule has 0 heterocycles. The van der Waals surface area contributed by atoms with Crippen LogP contribution in [0.1, 0.15) is 46.7 Å². The Morgan fingerprint density at radius 1 is 1.03 bits per heavy atom. The van der Waals surface area contributed by atoms with E-state index in [-0.39, 0.29) is 5.91 Å². The lowest BCUT2D eigenvalue weighted by atomic mass is 10.1. The van der Waals surface area contributed by atoms with Crippen molar-refractivity contribution >= 4 is 5.91 Å². The first-order valence-electron chi connectivity index (χ1n) is 10.3. The molecule has 0 spiro atoms. The summed E-state index contributed by atoms with van der Waals surface area (Å²) in [5.41, 5.74) is 4.46. The van der Waals surface area contributed by atoms with Crippen LogP contribution in [0.2, 0.25) is 0 Å². The fourth-order valence-corrected chi connectivity index (χ4v) is 3.75. The number of nitrogens with one attached hydrogen (secondary N) is 2. The molecule has 1 fully saturated rings. The molecule has 2 aromatic carbocycles. The zero-order chi connectivity index (χ0) is 20.1. The van der Waals surface area contributed by atoms with Crippen LogP contribution < -0.4 is 15.4 Å². The molecule has 29 heavy (non-hydrogen) atoms. The van der Waals surface area contributed by atoms with Crippen LogP contribution in [0.15, 0.2) is 72.3 Å². The lowest BCUT2D eigenvalue weighted by molar-refractivity contribution is 0.0957. The Kier molecular flexibility index (Phi) is 6.11. The van der Waals surface area contributed by atoms with Crippen molar-refractivity contribution in [2.45, 2.75) is 37.8 Å². The molecule has 2 aromatic rings. The van der Waals surface area contributed by atoms with Crippen molar-refractivity contribution in [1.29, 1.82) is 0 Å². The van der Waals surface area contributed by atoms with Gasteiger partial charge in [-0.05, 0) is 60.2 Å². The van der Waals surface area contributed by atoms with Gasteiger partial charge in [-0.2, -0.15) is 0 Å². The lowest BCUT2D eigenvalue weighted by Crippen LogP contribution is -2.25. The summed E-state index contributed by atoms with van der Waals surface area (Å²) in [6, 6.07) is 16.7. The van der Waals surface area contributed by atoms with Gasteiger partial charge in [0.25, 0.3) is 5.91 Å². The van der Waals surface area contributed by atoms with E-state index in [4.69, 9.17) is 4.74 Å². The van der Waals surface area contributed by atoms with Crippen molar-refractivity contribution in [3.8, 4) is 5.75 Å². The zero-order valence-corrected chi connectivity index (χ0v) is 16.9. The number of carbonyl (C=O) groups excluding carboxylic acids is 1. The van der Waals surface area contributed by atoms with Gasteiger partial charge in [0.1, 0.15) is 5.75 Å². The number of amides is 1. The largest absolute Gasteiger partial charge is 0.497 e. The number of hydrogen-bond donors (Lipinski definition) is 2. The highest BCUT2D eigenvalue weighted by Gasteiger charge is 2.37. The van der Waals surface area contributed by atoms with Gasteiger partial charge in [-0.15, -0.1) is 0 Å². The maximum absolute atomic E-state index is 12.4. The van der Waals surface area contributed by atoms with Gasteiger partial charge in [0.2, 0.25) is 0 Å². The zero-order valence-electron chi connectivity index (χ0n) is 16.9. The highest BCUT2D eigenvalue weighted by Crippen LogP contribution is 2.41. The second-order valence-corrected chi connectivity index (χ2v) is 7.74. The first-order valence-corrected chi connectivity index (χ1v) is 10.3. The summed E-state index contributed by atoms with van der Waals surface area (Å²) in [5, 5.41) is 6.63. The topological polar surface area (TPSA) is 50.4 Å². The van der Waals surface area contributed by atoms with Gasteiger partial charge in [-0.25, -0.2) is 0 Å². The normalized spacial score (nSPS) is 20.1. The van der Waals surface area contributed by atoms with E-state index in [0.29, 0.717) is 18.5 Å². The molecular formula is C25H28N2O2. The molecule has 4 rings (SSSR count). The van der Waals surface area contributed by atoms with Crippen LogP contribution in [-0.2, 0) is 6.54 Å².